The summed E-state index contributed by atoms with van der Waals surface area (Å²) < 4.78 is 6.69. The largest absolute Gasteiger partial charge is 0.383 e. The lowest BCUT2D eigenvalue weighted by Crippen LogP contribution is -2.11. The maximum Gasteiger partial charge on any atom is 0.255 e. The molecule has 20 heavy (non-hydrogen) atoms. The summed E-state index contributed by atoms with van der Waals surface area (Å²) in [4.78, 5) is 12.0. The van der Waals surface area contributed by atoms with Crippen LogP contribution >= 0.6 is 11.6 Å². The molecule has 1 N–H and O–H groups in total. The predicted molar refractivity (Wildman–Crippen MR) is 78.1 cm³/mol. The van der Waals surface area contributed by atoms with Gasteiger partial charge in [-0.3, -0.25) is 9.48 Å². The Kier molecular flexibility index (Phi) is 5.15. The average molecular weight is 294 g/mol. The number of rotatable bonds is 6. The van der Waals surface area contributed by atoms with Crippen molar-refractivity contribution in [3.63, 3.8) is 0 Å². The number of nitrogens with zero attached hydrogens (tertiary/aromatic N) is 2. The van der Waals surface area contributed by atoms with Gasteiger partial charge in [-0.25, -0.2) is 0 Å². The Morgan fingerprint density at radius 3 is 2.80 bits per heavy atom. The second-order valence-electron chi connectivity index (χ2n) is 4.27. The molecule has 1 heterocycles. The van der Waals surface area contributed by atoms with Crippen molar-refractivity contribution >= 4 is 23.2 Å². The van der Waals surface area contributed by atoms with Gasteiger partial charge in [0.1, 0.15) is 0 Å². The fourth-order valence-corrected chi connectivity index (χ4v) is 1.86. The molecule has 2 aromatic rings. The lowest BCUT2D eigenvalue weighted by Gasteiger charge is -2.03. The molecule has 0 aliphatic carbocycles. The van der Waals surface area contributed by atoms with Gasteiger partial charge in [-0.2, -0.15) is 5.10 Å². The Balaban J connectivity index is 1.97. The van der Waals surface area contributed by atoms with Crippen LogP contribution in [0.1, 0.15) is 15.9 Å². The van der Waals surface area contributed by atoms with Crippen LogP contribution < -0.4 is 5.32 Å². The van der Waals surface area contributed by atoms with Crippen LogP contribution in [0.3, 0.4) is 0 Å². The first-order chi connectivity index (χ1) is 9.72. The molecular formula is C14H16ClN3O2. The molecule has 1 amide bonds. The van der Waals surface area contributed by atoms with E-state index in [2.05, 4.69) is 10.4 Å². The number of methoxy groups -OCH3 is 1. The van der Waals surface area contributed by atoms with E-state index >= 15 is 0 Å². The number of alkyl halides is 1. The molecule has 0 spiro atoms. The molecule has 106 valence electrons. The lowest BCUT2D eigenvalue weighted by atomic mass is 10.1. The number of amides is 1. The van der Waals surface area contributed by atoms with Crippen molar-refractivity contribution in [1.29, 1.82) is 0 Å². The van der Waals surface area contributed by atoms with Crippen LogP contribution in [0.25, 0.3) is 0 Å². The van der Waals surface area contributed by atoms with Crippen molar-refractivity contribution < 1.29 is 9.53 Å². The number of carbonyl (C=O) groups is 1. The zero-order chi connectivity index (χ0) is 14.4. The molecule has 1 aromatic carbocycles. The van der Waals surface area contributed by atoms with Gasteiger partial charge in [-0.1, -0.05) is 12.1 Å². The van der Waals surface area contributed by atoms with E-state index in [1.54, 1.807) is 36.3 Å². The number of carbonyl (C=O) groups excluding carboxylic acids is 1. The summed E-state index contributed by atoms with van der Waals surface area (Å²) in [6, 6.07) is 7.18. The highest BCUT2D eigenvalue weighted by Crippen LogP contribution is 2.10. The molecule has 0 atom stereocenters. The van der Waals surface area contributed by atoms with Crippen LogP contribution in [0, 0.1) is 0 Å². The summed E-state index contributed by atoms with van der Waals surface area (Å²) in [6.45, 7) is 1.23. The third-order valence-electron chi connectivity index (χ3n) is 2.79. The fourth-order valence-electron chi connectivity index (χ4n) is 1.68. The van der Waals surface area contributed by atoms with E-state index in [4.69, 9.17) is 16.3 Å². The van der Waals surface area contributed by atoms with Gasteiger partial charge in [0.05, 0.1) is 25.0 Å². The van der Waals surface area contributed by atoms with Crippen LogP contribution in [0.15, 0.2) is 36.7 Å². The van der Waals surface area contributed by atoms with Crippen molar-refractivity contribution in [2.75, 3.05) is 19.0 Å². The third kappa shape index (κ3) is 3.82. The standard InChI is InChI=1S/C14H16ClN3O2/c1-20-7-6-18-10-13(9-16-18)17-14(19)12-4-2-11(8-15)3-5-12/h2-5,9-10H,6-8H2,1H3,(H,17,19). The van der Waals surface area contributed by atoms with Gasteiger partial charge >= 0.3 is 0 Å². The third-order valence-corrected chi connectivity index (χ3v) is 3.09. The summed E-state index contributed by atoms with van der Waals surface area (Å²) in [5.74, 6) is 0.270. The Bertz CT molecular complexity index is 566. The van der Waals surface area contributed by atoms with Crippen molar-refractivity contribution in [2.45, 2.75) is 12.4 Å². The summed E-state index contributed by atoms with van der Waals surface area (Å²) in [5, 5.41) is 6.93. The Morgan fingerprint density at radius 2 is 2.15 bits per heavy atom. The van der Waals surface area contributed by atoms with Crippen LogP contribution in [-0.2, 0) is 17.2 Å². The monoisotopic (exact) mass is 293 g/mol. The van der Waals surface area contributed by atoms with Crippen molar-refractivity contribution in [1.82, 2.24) is 9.78 Å². The van der Waals surface area contributed by atoms with Gasteiger partial charge in [0.2, 0.25) is 0 Å². The number of ether oxygens (including phenoxy) is 1. The minimum absolute atomic E-state index is 0.169. The number of aromatic nitrogens is 2. The average Bonchev–Trinajstić information content (AvgIpc) is 2.92. The van der Waals surface area contributed by atoms with Gasteiger partial charge < -0.3 is 10.1 Å². The molecule has 0 fully saturated rings. The van der Waals surface area contributed by atoms with Crippen molar-refractivity contribution in [3.8, 4) is 0 Å². The molecule has 0 radical (unpaired) electrons. The van der Waals surface area contributed by atoms with Gasteiger partial charge in [-0.05, 0) is 17.7 Å². The number of anilines is 1. The lowest BCUT2D eigenvalue weighted by molar-refractivity contribution is 0.102. The van der Waals surface area contributed by atoms with Crippen LogP contribution in [-0.4, -0.2) is 29.4 Å². The highest BCUT2D eigenvalue weighted by atomic mass is 35.5. The zero-order valence-electron chi connectivity index (χ0n) is 11.2. The van der Waals surface area contributed by atoms with Gasteiger partial charge in [-0.15, -0.1) is 11.6 Å². The molecule has 0 unspecified atom stereocenters. The molecule has 6 heteroatoms. The van der Waals surface area contributed by atoms with E-state index < -0.39 is 0 Å². The van der Waals surface area contributed by atoms with Crippen molar-refractivity contribution in [2.24, 2.45) is 0 Å². The summed E-state index contributed by atoms with van der Waals surface area (Å²) in [5.41, 5.74) is 2.23. The van der Waals surface area contributed by atoms with Crippen LogP contribution in [0.4, 0.5) is 5.69 Å². The molecule has 0 aliphatic heterocycles. The first-order valence-electron chi connectivity index (χ1n) is 6.20. The van der Waals surface area contributed by atoms with Crippen LogP contribution in [0.2, 0.25) is 0 Å². The van der Waals surface area contributed by atoms with Crippen LogP contribution in [0.5, 0.6) is 0 Å². The number of benzene rings is 1. The van der Waals surface area contributed by atoms with Gasteiger partial charge in [0.25, 0.3) is 5.91 Å². The van der Waals surface area contributed by atoms with E-state index in [1.807, 2.05) is 12.1 Å². The maximum atomic E-state index is 12.0. The molecule has 0 aliphatic rings. The molecule has 0 saturated carbocycles. The van der Waals surface area contributed by atoms with Gasteiger partial charge in [0, 0.05) is 24.8 Å². The highest BCUT2D eigenvalue weighted by molar-refractivity contribution is 6.17. The minimum Gasteiger partial charge on any atom is -0.383 e. The normalized spacial score (nSPS) is 10.5. The first-order valence-corrected chi connectivity index (χ1v) is 6.74. The molecule has 0 saturated heterocycles. The summed E-state index contributed by atoms with van der Waals surface area (Å²) in [6.07, 6.45) is 3.38. The molecule has 1 aromatic heterocycles. The topological polar surface area (TPSA) is 56.1 Å². The number of nitrogens with one attached hydrogen (secondary N) is 1. The van der Waals surface area contributed by atoms with E-state index in [0.29, 0.717) is 30.3 Å². The number of hydrogen-bond acceptors (Lipinski definition) is 3. The maximum absolute atomic E-state index is 12.0. The summed E-state index contributed by atoms with van der Waals surface area (Å²) in [7, 11) is 1.64. The first kappa shape index (κ1) is 14.6. The quantitative estimate of drug-likeness (QED) is 0.833. The number of hydrogen-bond donors (Lipinski definition) is 1. The second-order valence-corrected chi connectivity index (χ2v) is 4.54. The number of halogens is 1. The van der Waals surface area contributed by atoms with E-state index in [9.17, 15) is 4.79 Å². The van der Waals surface area contributed by atoms with Crippen molar-refractivity contribution in [3.05, 3.63) is 47.8 Å². The fraction of sp³-hybridized carbons (Fsp3) is 0.286. The van der Waals surface area contributed by atoms with E-state index in [1.165, 1.54) is 0 Å². The SMILES string of the molecule is COCCn1cc(NC(=O)c2ccc(CCl)cc2)cn1. The van der Waals surface area contributed by atoms with Gasteiger partial charge in [0.15, 0.2) is 0 Å². The Labute approximate surface area is 122 Å². The Hall–Kier alpha value is -1.85. The zero-order valence-corrected chi connectivity index (χ0v) is 11.9. The molecular weight excluding hydrogens is 278 g/mol. The molecule has 0 bridgehead atoms. The van der Waals surface area contributed by atoms with E-state index in [0.717, 1.165) is 5.56 Å². The van der Waals surface area contributed by atoms with E-state index in [-0.39, 0.29) is 5.91 Å². The highest BCUT2D eigenvalue weighted by Gasteiger charge is 2.07. The predicted octanol–water partition coefficient (Wildman–Crippen LogP) is 2.52. The molecule has 2 rings (SSSR count). The molecule has 5 nitrogen and oxygen atoms in total. The minimum atomic E-state index is -0.169. The Morgan fingerprint density at radius 1 is 1.40 bits per heavy atom. The summed E-state index contributed by atoms with van der Waals surface area (Å²) >= 11 is 5.71. The second kappa shape index (κ2) is 7.07. The smallest absolute Gasteiger partial charge is 0.255 e.